The van der Waals surface area contributed by atoms with Crippen LogP contribution in [0, 0.1) is 0 Å². The fourth-order valence-electron chi connectivity index (χ4n) is 5.64. The zero-order valence-corrected chi connectivity index (χ0v) is 24.6. The molecule has 0 aliphatic rings. The molecule has 0 amide bonds. The van der Waals surface area contributed by atoms with E-state index < -0.39 is 0 Å². The molecule has 0 saturated carbocycles. The summed E-state index contributed by atoms with van der Waals surface area (Å²) in [5.74, 6) is 0. The summed E-state index contributed by atoms with van der Waals surface area (Å²) in [5, 5.41) is 4.90. The highest BCUT2D eigenvalue weighted by Crippen LogP contribution is 2.20. The van der Waals surface area contributed by atoms with Crippen LogP contribution in [-0.2, 0) is 27.3 Å². The first-order valence-corrected chi connectivity index (χ1v) is 14.9. The first-order chi connectivity index (χ1) is 22.1. The van der Waals surface area contributed by atoms with Crippen LogP contribution in [0.1, 0.15) is 0 Å². The van der Waals surface area contributed by atoms with Crippen molar-refractivity contribution in [2.24, 2.45) is 0 Å². The van der Waals surface area contributed by atoms with Crippen molar-refractivity contribution in [2.75, 3.05) is 39.6 Å². The van der Waals surface area contributed by atoms with Crippen molar-refractivity contribution in [1.82, 2.24) is 9.13 Å². The molecule has 0 aliphatic heterocycles. The van der Waals surface area contributed by atoms with Crippen molar-refractivity contribution in [3.05, 3.63) is 138 Å². The van der Waals surface area contributed by atoms with Crippen molar-refractivity contribution in [2.45, 2.75) is 13.1 Å². The van der Waals surface area contributed by atoms with E-state index in [1.54, 1.807) is 48.5 Å². The SMILES string of the molecule is O=c1c2ccccc2c2ccccc2c(=O)n1CCOCCOCCOCCn1c(=O)c2ccccc2c2ccccc2c1=O. The van der Waals surface area contributed by atoms with Crippen LogP contribution in [0.25, 0.3) is 43.1 Å². The maximum absolute atomic E-state index is 13.2. The monoisotopic (exact) mass is 604 g/mol. The molecular weight excluding hydrogens is 572 g/mol. The Hall–Kier alpha value is -4.96. The topological polar surface area (TPSA) is 106 Å². The number of hydrogen-bond acceptors (Lipinski definition) is 7. The van der Waals surface area contributed by atoms with Gasteiger partial charge in [-0.3, -0.25) is 28.3 Å². The molecule has 0 spiro atoms. The van der Waals surface area contributed by atoms with E-state index in [1.165, 1.54) is 9.13 Å². The number of fused-ring (bicyclic) bond motifs is 6. The predicted molar refractivity (Wildman–Crippen MR) is 176 cm³/mol. The lowest BCUT2D eigenvalue weighted by Gasteiger charge is -2.08. The molecule has 0 unspecified atom stereocenters. The Morgan fingerprint density at radius 1 is 0.333 bits per heavy atom. The number of nitrogens with zero attached hydrogens (tertiary/aromatic N) is 2. The summed E-state index contributed by atoms with van der Waals surface area (Å²) < 4.78 is 19.4. The zero-order valence-electron chi connectivity index (χ0n) is 24.6. The fourth-order valence-corrected chi connectivity index (χ4v) is 5.64. The second-order valence-electron chi connectivity index (χ2n) is 10.5. The highest BCUT2D eigenvalue weighted by molar-refractivity contribution is 6.06. The highest BCUT2D eigenvalue weighted by Gasteiger charge is 2.12. The van der Waals surface area contributed by atoms with Gasteiger partial charge in [-0.1, -0.05) is 72.8 Å². The molecule has 0 saturated heterocycles. The van der Waals surface area contributed by atoms with Gasteiger partial charge in [0.25, 0.3) is 22.2 Å². The molecule has 0 aliphatic carbocycles. The molecule has 45 heavy (non-hydrogen) atoms. The van der Waals surface area contributed by atoms with Gasteiger partial charge in [-0.25, -0.2) is 0 Å². The van der Waals surface area contributed by atoms with Gasteiger partial charge in [0.15, 0.2) is 0 Å². The van der Waals surface area contributed by atoms with E-state index in [0.717, 1.165) is 21.5 Å². The van der Waals surface area contributed by atoms with Crippen LogP contribution < -0.4 is 22.2 Å². The van der Waals surface area contributed by atoms with Crippen molar-refractivity contribution >= 4 is 43.1 Å². The zero-order chi connectivity index (χ0) is 31.2. The third-order valence-corrected chi connectivity index (χ3v) is 7.85. The molecular formula is C36H32N2O7. The number of aromatic nitrogens is 2. The van der Waals surface area contributed by atoms with Gasteiger partial charge >= 0.3 is 0 Å². The Morgan fingerprint density at radius 2 is 0.556 bits per heavy atom. The molecule has 2 aromatic heterocycles. The minimum absolute atomic E-state index is 0.117. The number of ether oxygens (including phenoxy) is 3. The molecule has 6 aromatic rings. The van der Waals surface area contributed by atoms with Crippen LogP contribution >= 0.6 is 0 Å². The van der Waals surface area contributed by atoms with E-state index in [0.29, 0.717) is 34.8 Å². The third kappa shape index (κ3) is 6.19. The Labute approximate surface area is 257 Å². The maximum atomic E-state index is 13.2. The van der Waals surface area contributed by atoms with E-state index in [9.17, 15) is 19.2 Å². The van der Waals surface area contributed by atoms with Crippen molar-refractivity contribution in [1.29, 1.82) is 0 Å². The van der Waals surface area contributed by atoms with Gasteiger partial charge in [0, 0.05) is 21.5 Å². The largest absolute Gasteiger partial charge is 0.377 e. The normalized spacial score (nSPS) is 11.6. The van der Waals surface area contributed by atoms with Crippen LogP contribution in [0.15, 0.2) is 116 Å². The molecule has 0 fully saturated rings. The molecule has 0 N–H and O–H groups in total. The van der Waals surface area contributed by atoms with Gasteiger partial charge in [-0.15, -0.1) is 0 Å². The molecule has 2 heterocycles. The Balaban J connectivity index is 0.986. The van der Waals surface area contributed by atoms with Gasteiger partial charge in [0.2, 0.25) is 0 Å². The molecule has 228 valence electrons. The van der Waals surface area contributed by atoms with Crippen molar-refractivity contribution in [3.8, 4) is 0 Å². The number of hydrogen-bond donors (Lipinski definition) is 0. The van der Waals surface area contributed by atoms with Crippen molar-refractivity contribution in [3.63, 3.8) is 0 Å². The molecule has 0 bridgehead atoms. The average Bonchev–Trinajstić information content (AvgIpc) is 3.23. The smallest absolute Gasteiger partial charge is 0.261 e. The minimum atomic E-state index is -0.346. The molecule has 4 aromatic carbocycles. The second kappa shape index (κ2) is 13.8. The van der Waals surface area contributed by atoms with Crippen LogP contribution in [0.5, 0.6) is 0 Å². The summed E-state index contributed by atoms with van der Waals surface area (Å²) in [7, 11) is 0. The summed E-state index contributed by atoms with van der Waals surface area (Å²) >= 11 is 0. The summed E-state index contributed by atoms with van der Waals surface area (Å²) in [6.07, 6.45) is 0. The fraction of sp³-hybridized carbons (Fsp3) is 0.222. The van der Waals surface area contributed by atoms with Crippen LogP contribution in [0.2, 0.25) is 0 Å². The van der Waals surface area contributed by atoms with Gasteiger partial charge in [0.1, 0.15) is 0 Å². The Kier molecular flexibility index (Phi) is 9.21. The lowest BCUT2D eigenvalue weighted by molar-refractivity contribution is 0.0115. The van der Waals surface area contributed by atoms with E-state index >= 15 is 0 Å². The second-order valence-corrected chi connectivity index (χ2v) is 10.5. The molecule has 9 nitrogen and oxygen atoms in total. The molecule has 0 atom stereocenters. The van der Waals surface area contributed by atoms with Crippen LogP contribution in [-0.4, -0.2) is 48.8 Å². The van der Waals surface area contributed by atoms with Gasteiger partial charge in [-0.05, 0) is 45.8 Å². The molecule has 0 radical (unpaired) electrons. The highest BCUT2D eigenvalue weighted by atomic mass is 16.5. The third-order valence-electron chi connectivity index (χ3n) is 7.85. The van der Waals surface area contributed by atoms with Crippen LogP contribution in [0.4, 0.5) is 0 Å². The lowest BCUT2D eigenvalue weighted by atomic mass is 10.1. The molecule has 9 heteroatoms. The van der Waals surface area contributed by atoms with Gasteiger partial charge < -0.3 is 14.2 Å². The predicted octanol–water partition coefficient (Wildman–Crippen LogP) is 4.09. The van der Waals surface area contributed by atoms with E-state index in [-0.39, 0.29) is 61.8 Å². The quantitative estimate of drug-likeness (QED) is 0.194. The Bertz CT molecular complexity index is 1950. The lowest BCUT2D eigenvalue weighted by Crippen LogP contribution is -2.32. The number of rotatable bonds is 12. The standard InChI is InChI=1S/C36H32N2O7/c39-33-29-13-5-1-9-25(29)26-10-2-6-14-30(26)34(40)37(33)17-19-43-21-23-45-24-22-44-20-18-38-35(41)31-15-7-3-11-27(31)28-12-4-8-16-32(28)36(38)42/h1-16H,17-24H2. The van der Waals surface area contributed by atoms with E-state index in [1.807, 2.05) is 48.5 Å². The van der Waals surface area contributed by atoms with Crippen LogP contribution in [0.3, 0.4) is 0 Å². The van der Waals surface area contributed by atoms with E-state index in [4.69, 9.17) is 14.2 Å². The first kappa shape index (κ1) is 30.1. The summed E-state index contributed by atoms with van der Waals surface area (Å²) in [6.45, 7) is 1.73. The first-order valence-electron chi connectivity index (χ1n) is 14.9. The Morgan fingerprint density at radius 3 is 0.822 bits per heavy atom. The summed E-state index contributed by atoms with van der Waals surface area (Å²) in [4.78, 5) is 53.0. The summed E-state index contributed by atoms with van der Waals surface area (Å²) in [6, 6.07) is 28.9. The number of benzene rings is 4. The van der Waals surface area contributed by atoms with Crippen molar-refractivity contribution < 1.29 is 14.2 Å². The summed E-state index contributed by atoms with van der Waals surface area (Å²) in [5.41, 5.74) is -1.39. The minimum Gasteiger partial charge on any atom is -0.377 e. The maximum Gasteiger partial charge on any atom is 0.261 e. The van der Waals surface area contributed by atoms with E-state index in [2.05, 4.69) is 0 Å². The van der Waals surface area contributed by atoms with Gasteiger partial charge in [-0.2, -0.15) is 0 Å². The average molecular weight is 605 g/mol. The van der Waals surface area contributed by atoms with Gasteiger partial charge in [0.05, 0.1) is 52.7 Å². The molecule has 6 rings (SSSR count).